The predicted molar refractivity (Wildman–Crippen MR) is 94.4 cm³/mol. The van der Waals surface area contributed by atoms with Gasteiger partial charge in [0.2, 0.25) is 0 Å². The van der Waals surface area contributed by atoms with Crippen LogP contribution in [-0.2, 0) is 34.2 Å². The van der Waals surface area contributed by atoms with Crippen molar-refractivity contribution in [2.24, 2.45) is 5.92 Å². The van der Waals surface area contributed by atoms with E-state index in [1.54, 1.807) is 52.0 Å². The molecule has 1 aromatic carbocycles. The number of cyclic esters (lactones) is 1. The van der Waals surface area contributed by atoms with Crippen molar-refractivity contribution < 1.29 is 28.6 Å². The number of carbonyl (C=O) groups is 3. The molecule has 1 aromatic rings. The molecule has 1 aliphatic heterocycles. The topological polar surface area (TPSA) is 78.9 Å². The summed E-state index contributed by atoms with van der Waals surface area (Å²) in [5, 5.41) is 0.541. The van der Waals surface area contributed by atoms with Crippen molar-refractivity contribution in [3.63, 3.8) is 0 Å². The van der Waals surface area contributed by atoms with Crippen molar-refractivity contribution in [2.75, 3.05) is 13.2 Å². The van der Waals surface area contributed by atoms with Gasteiger partial charge in [-0.15, -0.1) is 0 Å². The molecule has 0 radical (unpaired) electrons. The fourth-order valence-electron chi connectivity index (χ4n) is 2.89. The number of rotatable bonds is 6. The zero-order chi connectivity index (χ0) is 19.5. The van der Waals surface area contributed by atoms with Crippen LogP contribution in [-0.4, -0.2) is 31.1 Å². The largest absolute Gasteiger partial charge is 0.465 e. The fourth-order valence-corrected chi connectivity index (χ4v) is 3.01. The summed E-state index contributed by atoms with van der Waals surface area (Å²) in [6.07, 6.45) is 0. The predicted octanol–water partition coefficient (Wildman–Crippen LogP) is 3.17. The highest BCUT2D eigenvalue weighted by Crippen LogP contribution is 2.43. The van der Waals surface area contributed by atoms with Crippen LogP contribution in [0.15, 0.2) is 35.4 Å². The van der Waals surface area contributed by atoms with E-state index in [0.29, 0.717) is 16.2 Å². The van der Waals surface area contributed by atoms with Gasteiger partial charge in [0.25, 0.3) is 0 Å². The quantitative estimate of drug-likeness (QED) is 0.428. The smallest absolute Gasteiger partial charge is 0.336 e. The molecule has 0 amide bonds. The maximum absolute atomic E-state index is 12.6. The molecule has 0 N–H and O–H groups in total. The number of carbonyl (C=O) groups excluding carboxylic acids is 3. The lowest BCUT2D eigenvalue weighted by atomic mass is 9.84. The van der Waals surface area contributed by atoms with E-state index < -0.39 is 29.4 Å². The molecule has 0 saturated carbocycles. The molecule has 0 saturated heterocycles. The van der Waals surface area contributed by atoms with Crippen LogP contribution >= 0.6 is 11.6 Å². The Labute approximate surface area is 157 Å². The minimum Gasteiger partial charge on any atom is -0.465 e. The first kappa shape index (κ1) is 20.0. The Balaban J connectivity index is 2.54. The maximum atomic E-state index is 12.6. The first-order chi connectivity index (χ1) is 12.3. The molecule has 0 fully saturated rings. The second-order valence-electron chi connectivity index (χ2n) is 5.91. The molecule has 7 heteroatoms. The number of benzene rings is 1. The van der Waals surface area contributed by atoms with Gasteiger partial charge in [-0.2, -0.15) is 0 Å². The average molecular weight is 381 g/mol. The SMILES string of the molecule is CCOC(=O)C(C(=O)OCC)C1=C(C)C(C)(c2ccc(Cl)cc2)OC1=O. The molecule has 140 valence electrons. The lowest BCUT2D eigenvalue weighted by Gasteiger charge is -2.25. The van der Waals surface area contributed by atoms with Crippen molar-refractivity contribution in [1.29, 1.82) is 0 Å². The molecule has 1 heterocycles. The van der Waals surface area contributed by atoms with Gasteiger partial charge >= 0.3 is 17.9 Å². The van der Waals surface area contributed by atoms with Gasteiger partial charge in [0.15, 0.2) is 11.5 Å². The number of halogens is 1. The van der Waals surface area contributed by atoms with Crippen molar-refractivity contribution >= 4 is 29.5 Å². The molecule has 6 nitrogen and oxygen atoms in total. The zero-order valence-corrected chi connectivity index (χ0v) is 15.9. The summed E-state index contributed by atoms with van der Waals surface area (Å²) in [6.45, 7) is 6.73. The van der Waals surface area contributed by atoms with E-state index in [-0.39, 0.29) is 18.8 Å². The lowest BCUT2D eigenvalue weighted by molar-refractivity contribution is -0.162. The minimum atomic E-state index is -1.48. The molecular formula is C19H21ClO6. The minimum absolute atomic E-state index is 0.0423. The van der Waals surface area contributed by atoms with Gasteiger partial charge in [0.1, 0.15) is 0 Å². The number of ether oxygens (including phenoxy) is 3. The Kier molecular flexibility index (Phi) is 6.08. The number of hydrogen-bond donors (Lipinski definition) is 0. The number of hydrogen-bond acceptors (Lipinski definition) is 6. The summed E-state index contributed by atoms with van der Waals surface area (Å²) in [6, 6.07) is 6.81. The van der Waals surface area contributed by atoms with Gasteiger partial charge in [-0.3, -0.25) is 9.59 Å². The van der Waals surface area contributed by atoms with Gasteiger partial charge in [0, 0.05) is 5.02 Å². The highest BCUT2D eigenvalue weighted by atomic mass is 35.5. The third-order valence-electron chi connectivity index (χ3n) is 4.36. The van der Waals surface area contributed by atoms with E-state index in [1.165, 1.54) is 0 Å². The van der Waals surface area contributed by atoms with Gasteiger partial charge in [0.05, 0.1) is 18.8 Å². The molecule has 26 heavy (non-hydrogen) atoms. The van der Waals surface area contributed by atoms with Crippen molar-refractivity contribution in [1.82, 2.24) is 0 Å². The van der Waals surface area contributed by atoms with E-state index in [0.717, 1.165) is 0 Å². The van der Waals surface area contributed by atoms with Crippen molar-refractivity contribution in [2.45, 2.75) is 33.3 Å². The van der Waals surface area contributed by atoms with E-state index >= 15 is 0 Å². The van der Waals surface area contributed by atoms with Crippen molar-refractivity contribution in [3.8, 4) is 0 Å². The molecule has 1 aliphatic rings. The fraction of sp³-hybridized carbons (Fsp3) is 0.421. The summed E-state index contributed by atoms with van der Waals surface area (Å²) < 4.78 is 15.5. The summed E-state index contributed by atoms with van der Waals surface area (Å²) in [5.41, 5.74) is -0.0293. The van der Waals surface area contributed by atoms with Crippen LogP contribution in [0.25, 0.3) is 0 Å². The summed E-state index contributed by atoms with van der Waals surface area (Å²) >= 11 is 5.92. The third-order valence-corrected chi connectivity index (χ3v) is 4.62. The Morgan fingerprint density at radius 2 is 1.62 bits per heavy atom. The van der Waals surface area contributed by atoms with Crippen LogP contribution < -0.4 is 0 Å². The van der Waals surface area contributed by atoms with E-state index in [9.17, 15) is 14.4 Å². The van der Waals surface area contributed by atoms with Crippen LogP contribution in [0.5, 0.6) is 0 Å². The summed E-state index contributed by atoms with van der Waals surface area (Å²) in [7, 11) is 0. The third kappa shape index (κ3) is 3.60. The Bertz CT molecular complexity index is 734. The van der Waals surface area contributed by atoms with Crippen LogP contribution in [0.1, 0.15) is 33.3 Å². The highest BCUT2D eigenvalue weighted by Gasteiger charge is 2.50. The van der Waals surface area contributed by atoms with Crippen LogP contribution in [0.3, 0.4) is 0 Å². The van der Waals surface area contributed by atoms with Crippen LogP contribution in [0.4, 0.5) is 0 Å². The molecule has 0 aromatic heterocycles. The Morgan fingerprint density at radius 1 is 1.12 bits per heavy atom. The first-order valence-electron chi connectivity index (χ1n) is 8.30. The van der Waals surface area contributed by atoms with Crippen LogP contribution in [0, 0.1) is 5.92 Å². The first-order valence-corrected chi connectivity index (χ1v) is 8.67. The van der Waals surface area contributed by atoms with Crippen molar-refractivity contribution in [3.05, 3.63) is 46.0 Å². The molecule has 1 unspecified atom stereocenters. The maximum Gasteiger partial charge on any atom is 0.336 e. The lowest BCUT2D eigenvalue weighted by Crippen LogP contribution is -2.32. The molecular weight excluding hydrogens is 360 g/mol. The highest BCUT2D eigenvalue weighted by molar-refractivity contribution is 6.30. The molecule has 2 rings (SSSR count). The standard InChI is InChI=1S/C19H21ClO6/c1-5-24-16(21)15(17(22)25-6-2)14-11(3)19(4,26-18(14)23)12-7-9-13(20)10-8-12/h7-10,15H,5-6H2,1-4H3. The van der Waals surface area contributed by atoms with Gasteiger partial charge < -0.3 is 14.2 Å². The molecule has 0 aliphatic carbocycles. The Morgan fingerprint density at radius 3 is 2.08 bits per heavy atom. The molecule has 1 atom stereocenters. The monoisotopic (exact) mass is 380 g/mol. The summed E-state index contributed by atoms with van der Waals surface area (Å²) in [4.78, 5) is 37.3. The molecule has 0 bridgehead atoms. The van der Waals surface area contributed by atoms with E-state index in [4.69, 9.17) is 25.8 Å². The van der Waals surface area contributed by atoms with E-state index in [1.807, 2.05) is 0 Å². The Hall–Kier alpha value is -2.34. The average Bonchev–Trinajstić information content (AvgIpc) is 2.80. The zero-order valence-electron chi connectivity index (χ0n) is 15.1. The normalized spacial score (nSPS) is 19.5. The van der Waals surface area contributed by atoms with Gasteiger partial charge in [-0.25, -0.2) is 4.79 Å². The second-order valence-corrected chi connectivity index (χ2v) is 6.34. The van der Waals surface area contributed by atoms with Gasteiger partial charge in [-0.05, 0) is 51.0 Å². The molecule has 0 spiro atoms. The summed E-state index contributed by atoms with van der Waals surface area (Å²) in [5.74, 6) is -3.89. The van der Waals surface area contributed by atoms with Gasteiger partial charge in [-0.1, -0.05) is 23.7 Å². The van der Waals surface area contributed by atoms with E-state index in [2.05, 4.69) is 0 Å². The second kappa shape index (κ2) is 7.91. The number of esters is 3. The van der Waals surface area contributed by atoms with Crippen LogP contribution in [0.2, 0.25) is 5.02 Å².